The molecule has 1 atom stereocenters. The number of amides is 1. The lowest BCUT2D eigenvalue weighted by Gasteiger charge is -2.14. The van der Waals surface area contributed by atoms with Crippen LogP contribution in [0.25, 0.3) is 0 Å². The van der Waals surface area contributed by atoms with Crippen molar-refractivity contribution in [3.8, 4) is 0 Å². The first-order chi connectivity index (χ1) is 9.58. The van der Waals surface area contributed by atoms with Gasteiger partial charge in [-0.05, 0) is 37.6 Å². The van der Waals surface area contributed by atoms with Gasteiger partial charge in [0.25, 0.3) is 5.91 Å². The van der Waals surface area contributed by atoms with Crippen molar-refractivity contribution in [2.45, 2.75) is 19.9 Å². The summed E-state index contributed by atoms with van der Waals surface area (Å²) >= 11 is 0. The van der Waals surface area contributed by atoms with E-state index in [4.69, 9.17) is 4.74 Å². The molecule has 1 N–H and O–H groups in total. The Kier molecular flexibility index (Phi) is 6.30. The molecule has 0 saturated carbocycles. The molecule has 0 aliphatic heterocycles. The first-order valence-electron chi connectivity index (χ1n) is 6.51. The fraction of sp³-hybridized carbons (Fsp3) is 0.235. The molecule has 1 amide bonds. The summed E-state index contributed by atoms with van der Waals surface area (Å²) in [4.78, 5) is 12.0. The van der Waals surface area contributed by atoms with E-state index in [2.05, 4.69) is 11.9 Å². The highest BCUT2D eigenvalue weighted by molar-refractivity contribution is 5.95. The summed E-state index contributed by atoms with van der Waals surface area (Å²) in [6.45, 7) is 7.57. The second-order valence-corrected chi connectivity index (χ2v) is 4.36. The Balaban J connectivity index is 2.61. The first kappa shape index (κ1) is 15.8. The maximum atomic E-state index is 12.0. The van der Waals surface area contributed by atoms with Gasteiger partial charge in [0.15, 0.2) is 0 Å². The third kappa shape index (κ3) is 4.76. The fourth-order valence-electron chi connectivity index (χ4n) is 1.65. The van der Waals surface area contributed by atoms with Gasteiger partial charge < -0.3 is 10.1 Å². The molecule has 0 radical (unpaired) electrons. The zero-order valence-corrected chi connectivity index (χ0v) is 12.2. The van der Waals surface area contributed by atoms with Crippen LogP contribution in [0.4, 0.5) is 0 Å². The van der Waals surface area contributed by atoms with Crippen LogP contribution in [-0.2, 0) is 9.53 Å². The molecule has 1 rings (SSSR count). The van der Waals surface area contributed by atoms with E-state index in [0.29, 0.717) is 11.3 Å². The highest BCUT2D eigenvalue weighted by atomic mass is 16.5. The predicted molar refractivity (Wildman–Crippen MR) is 82.0 cm³/mol. The first-order valence-corrected chi connectivity index (χ1v) is 6.51. The van der Waals surface area contributed by atoms with E-state index in [1.54, 1.807) is 19.3 Å². The minimum Gasteiger partial charge on any atom is -0.497 e. The van der Waals surface area contributed by atoms with E-state index in [0.717, 1.165) is 5.56 Å². The number of carbonyl (C=O) groups is 1. The van der Waals surface area contributed by atoms with Crippen molar-refractivity contribution in [3.63, 3.8) is 0 Å². The average Bonchev–Trinajstić information content (AvgIpc) is 2.48. The fourth-order valence-corrected chi connectivity index (χ4v) is 1.65. The van der Waals surface area contributed by atoms with Gasteiger partial charge in [0.05, 0.1) is 13.2 Å². The van der Waals surface area contributed by atoms with Crippen LogP contribution in [0.2, 0.25) is 0 Å². The number of rotatable bonds is 6. The van der Waals surface area contributed by atoms with Crippen LogP contribution in [0.1, 0.15) is 25.5 Å². The van der Waals surface area contributed by atoms with Gasteiger partial charge in [-0.15, -0.1) is 0 Å². The van der Waals surface area contributed by atoms with E-state index in [9.17, 15) is 4.79 Å². The van der Waals surface area contributed by atoms with Gasteiger partial charge in [0.1, 0.15) is 5.76 Å². The molecular formula is C17H21NO2. The van der Waals surface area contributed by atoms with Crippen molar-refractivity contribution >= 4 is 5.91 Å². The molecule has 0 bridgehead atoms. The summed E-state index contributed by atoms with van der Waals surface area (Å²) in [6.07, 6.45) is 5.18. The number of hydrogen-bond donors (Lipinski definition) is 1. The summed E-state index contributed by atoms with van der Waals surface area (Å²) in [6, 6.07) is 9.74. The zero-order valence-electron chi connectivity index (χ0n) is 12.2. The Labute approximate surface area is 120 Å². The third-order valence-electron chi connectivity index (χ3n) is 2.91. The van der Waals surface area contributed by atoms with Gasteiger partial charge in [-0.2, -0.15) is 0 Å². The molecule has 1 unspecified atom stereocenters. The summed E-state index contributed by atoms with van der Waals surface area (Å²) in [5, 5.41) is 2.91. The second-order valence-electron chi connectivity index (χ2n) is 4.36. The quantitative estimate of drug-likeness (QED) is 0.488. The van der Waals surface area contributed by atoms with E-state index in [1.807, 2.05) is 50.3 Å². The highest BCUT2D eigenvalue weighted by Crippen LogP contribution is 2.12. The summed E-state index contributed by atoms with van der Waals surface area (Å²) in [7, 11) is 1.58. The smallest absolute Gasteiger partial charge is 0.251 e. The van der Waals surface area contributed by atoms with E-state index < -0.39 is 0 Å². The number of benzene rings is 1. The molecule has 0 saturated heterocycles. The number of ether oxygens (including phenoxy) is 1. The van der Waals surface area contributed by atoms with Crippen LogP contribution in [0.3, 0.4) is 0 Å². The molecule has 1 aromatic carbocycles. The Morgan fingerprint density at radius 1 is 1.30 bits per heavy atom. The molecule has 0 aromatic heterocycles. The maximum Gasteiger partial charge on any atom is 0.251 e. The van der Waals surface area contributed by atoms with Gasteiger partial charge in [-0.1, -0.05) is 36.9 Å². The molecule has 0 aliphatic rings. The lowest BCUT2D eigenvalue weighted by atomic mass is 10.1. The van der Waals surface area contributed by atoms with Crippen LogP contribution in [-0.4, -0.2) is 13.0 Å². The largest absolute Gasteiger partial charge is 0.497 e. The van der Waals surface area contributed by atoms with E-state index in [1.165, 1.54) is 0 Å². The number of methoxy groups -OCH3 is 1. The molecule has 0 fully saturated rings. The van der Waals surface area contributed by atoms with Gasteiger partial charge in [0, 0.05) is 5.57 Å². The Morgan fingerprint density at radius 2 is 1.95 bits per heavy atom. The van der Waals surface area contributed by atoms with Crippen LogP contribution in [0.15, 0.2) is 66.5 Å². The SMILES string of the molecule is C=C(/C=C\C(=C\C)OC)C(=O)NC(C)c1ccccc1. The standard InChI is InChI=1S/C17H21NO2/c1-5-16(20-4)12-11-13(2)17(19)18-14(3)15-9-7-6-8-10-15/h5-12,14H,2H2,1,3-4H3,(H,18,19)/b12-11-,16-5-. The molecular weight excluding hydrogens is 250 g/mol. The molecule has 0 spiro atoms. The normalized spacial score (nSPS) is 13.1. The average molecular weight is 271 g/mol. The maximum absolute atomic E-state index is 12.0. The van der Waals surface area contributed by atoms with Gasteiger partial charge in [-0.3, -0.25) is 4.79 Å². The molecule has 1 aromatic rings. The molecule has 0 aliphatic carbocycles. The van der Waals surface area contributed by atoms with Crippen molar-refractivity contribution in [2.24, 2.45) is 0 Å². The van der Waals surface area contributed by atoms with Crippen LogP contribution in [0, 0.1) is 0 Å². The van der Waals surface area contributed by atoms with Crippen LogP contribution < -0.4 is 5.32 Å². The number of allylic oxidation sites excluding steroid dienone is 2. The minimum absolute atomic E-state index is 0.0579. The molecule has 0 heterocycles. The Hall–Kier alpha value is -2.29. The van der Waals surface area contributed by atoms with Crippen molar-refractivity contribution < 1.29 is 9.53 Å². The van der Waals surface area contributed by atoms with Gasteiger partial charge >= 0.3 is 0 Å². The predicted octanol–water partition coefficient (Wildman–Crippen LogP) is 3.53. The third-order valence-corrected chi connectivity index (χ3v) is 2.91. The van der Waals surface area contributed by atoms with Crippen molar-refractivity contribution in [3.05, 3.63) is 72.0 Å². The summed E-state index contributed by atoms with van der Waals surface area (Å²) in [5.41, 5.74) is 1.45. The Bertz CT molecular complexity index is 515. The highest BCUT2D eigenvalue weighted by Gasteiger charge is 2.10. The summed E-state index contributed by atoms with van der Waals surface area (Å²) < 4.78 is 5.08. The number of hydrogen-bond acceptors (Lipinski definition) is 2. The molecule has 106 valence electrons. The number of carbonyl (C=O) groups excluding carboxylic acids is 1. The van der Waals surface area contributed by atoms with Crippen molar-refractivity contribution in [1.29, 1.82) is 0 Å². The van der Waals surface area contributed by atoms with Gasteiger partial charge in [-0.25, -0.2) is 0 Å². The summed E-state index contributed by atoms with van der Waals surface area (Å²) in [5.74, 6) is 0.499. The monoisotopic (exact) mass is 271 g/mol. The Morgan fingerprint density at radius 3 is 2.50 bits per heavy atom. The van der Waals surface area contributed by atoms with Gasteiger partial charge in [0.2, 0.25) is 0 Å². The van der Waals surface area contributed by atoms with Crippen molar-refractivity contribution in [2.75, 3.05) is 7.11 Å². The lowest BCUT2D eigenvalue weighted by Crippen LogP contribution is -2.27. The minimum atomic E-state index is -0.191. The van der Waals surface area contributed by atoms with Crippen LogP contribution >= 0.6 is 0 Å². The van der Waals surface area contributed by atoms with Crippen molar-refractivity contribution in [1.82, 2.24) is 5.32 Å². The van der Waals surface area contributed by atoms with E-state index >= 15 is 0 Å². The zero-order chi connectivity index (χ0) is 15.0. The number of nitrogens with one attached hydrogen (secondary N) is 1. The molecule has 20 heavy (non-hydrogen) atoms. The second kappa shape index (κ2) is 8.00. The van der Waals surface area contributed by atoms with E-state index in [-0.39, 0.29) is 11.9 Å². The topological polar surface area (TPSA) is 38.3 Å². The molecule has 3 heteroatoms. The lowest BCUT2D eigenvalue weighted by molar-refractivity contribution is -0.117. The molecule has 3 nitrogen and oxygen atoms in total. The van der Waals surface area contributed by atoms with Crippen LogP contribution in [0.5, 0.6) is 0 Å².